The minimum absolute atomic E-state index is 0.377. The summed E-state index contributed by atoms with van der Waals surface area (Å²) >= 11 is 0. The molecule has 0 radical (unpaired) electrons. The molecule has 0 rings (SSSR count). The fourth-order valence-electron chi connectivity index (χ4n) is 6.14. The Labute approximate surface area is 298 Å². The minimum Gasteiger partial charge on any atom is -0.394 e. The zero-order valence-corrected chi connectivity index (χ0v) is 31.9. The molecule has 3 unspecified atom stereocenters. The third-order valence-corrected chi connectivity index (χ3v) is 9.45. The Bertz CT molecular complexity index is 749. The summed E-state index contributed by atoms with van der Waals surface area (Å²) in [7, 11) is 0. The van der Waals surface area contributed by atoms with Crippen LogP contribution in [0, 0.1) is 0 Å². The number of carbonyl (C=O) groups is 1. The van der Waals surface area contributed by atoms with E-state index < -0.39 is 24.2 Å². The van der Waals surface area contributed by atoms with Gasteiger partial charge in [0.2, 0.25) is 5.91 Å². The summed E-state index contributed by atoms with van der Waals surface area (Å²) in [6.45, 7) is 4.11. The van der Waals surface area contributed by atoms with Crippen LogP contribution in [0.2, 0.25) is 0 Å². The third kappa shape index (κ3) is 33.1. The molecule has 5 nitrogen and oxygen atoms in total. The first-order chi connectivity index (χ1) is 23.6. The molecule has 48 heavy (non-hydrogen) atoms. The van der Waals surface area contributed by atoms with Crippen molar-refractivity contribution in [2.45, 2.75) is 225 Å². The Morgan fingerprint density at radius 1 is 0.500 bits per heavy atom. The van der Waals surface area contributed by atoms with Crippen LogP contribution in [0.15, 0.2) is 36.5 Å². The maximum absolute atomic E-state index is 12.4. The predicted octanol–water partition coefficient (Wildman–Crippen LogP) is 11.6. The van der Waals surface area contributed by atoms with Crippen molar-refractivity contribution in [1.82, 2.24) is 5.32 Å². The van der Waals surface area contributed by atoms with Gasteiger partial charge in [-0.05, 0) is 57.8 Å². The van der Waals surface area contributed by atoms with E-state index in [0.717, 1.165) is 38.5 Å². The van der Waals surface area contributed by atoms with Crippen molar-refractivity contribution < 1.29 is 20.1 Å². The summed E-state index contributed by atoms with van der Waals surface area (Å²) in [6.07, 6.45) is 47.6. The fraction of sp³-hybridized carbons (Fsp3) is 0.837. The zero-order valence-electron chi connectivity index (χ0n) is 31.9. The smallest absolute Gasteiger partial charge is 0.249 e. The van der Waals surface area contributed by atoms with Crippen molar-refractivity contribution in [3.05, 3.63) is 36.5 Å². The molecule has 0 bridgehead atoms. The molecular formula is C43H81NO4. The number of aliphatic hydroxyl groups is 3. The Morgan fingerprint density at radius 3 is 1.31 bits per heavy atom. The van der Waals surface area contributed by atoms with E-state index in [9.17, 15) is 20.1 Å². The first-order valence-corrected chi connectivity index (χ1v) is 20.8. The van der Waals surface area contributed by atoms with Gasteiger partial charge < -0.3 is 20.6 Å². The number of amides is 1. The molecule has 0 aliphatic rings. The molecule has 1 amide bonds. The molecule has 282 valence electrons. The highest BCUT2D eigenvalue weighted by atomic mass is 16.3. The lowest BCUT2D eigenvalue weighted by atomic mass is 10.0. The van der Waals surface area contributed by atoms with Crippen LogP contribution in [0.25, 0.3) is 0 Å². The summed E-state index contributed by atoms with van der Waals surface area (Å²) in [6, 6.07) is -0.812. The lowest BCUT2D eigenvalue weighted by Gasteiger charge is -2.21. The van der Waals surface area contributed by atoms with E-state index in [4.69, 9.17) is 0 Å². The lowest BCUT2D eigenvalue weighted by Crippen LogP contribution is -2.48. The van der Waals surface area contributed by atoms with Crippen LogP contribution >= 0.6 is 0 Å². The van der Waals surface area contributed by atoms with E-state index in [2.05, 4.69) is 43.5 Å². The number of allylic oxidation sites excluding steroid dienone is 5. The van der Waals surface area contributed by atoms with E-state index in [1.807, 2.05) is 6.08 Å². The second kappa shape index (κ2) is 38.4. The van der Waals surface area contributed by atoms with Gasteiger partial charge in [-0.3, -0.25) is 4.79 Å². The van der Waals surface area contributed by atoms with Crippen LogP contribution < -0.4 is 5.32 Å². The molecule has 0 saturated carbocycles. The van der Waals surface area contributed by atoms with Gasteiger partial charge in [0.15, 0.2) is 0 Å². The molecule has 0 spiro atoms. The maximum Gasteiger partial charge on any atom is 0.249 e. The molecule has 0 fully saturated rings. The second-order valence-corrected chi connectivity index (χ2v) is 14.2. The number of hydrogen-bond acceptors (Lipinski definition) is 4. The maximum atomic E-state index is 12.4. The van der Waals surface area contributed by atoms with E-state index in [0.29, 0.717) is 6.42 Å². The summed E-state index contributed by atoms with van der Waals surface area (Å²) in [4.78, 5) is 12.4. The van der Waals surface area contributed by atoms with Crippen molar-refractivity contribution in [2.24, 2.45) is 0 Å². The van der Waals surface area contributed by atoms with Gasteiger partial charge in [-0.15, -0.1) is 0 Å². The molecule has 0 aromatic heterocycles. The van der Waals surface area contributed by atoms with Crippen molar-refractivity contribution >= 4 is 5.91 Å². The highest BCUT2D eigenvalue weighted by molar-refractivity contribution is 5.80. The van der Waals surface area contributed by atoms with E-state index in [-0.39, 0.29) is 6.61 Å². The van der Waals surface area contributed by atoms with Crippen LogP contribution in [-0.4, -0.2) is 46.1 Å². The standard InChI is InChI=1S/C43H81NO4/c1-3-5-7-9-11-13-14-15-16-17-18-19-20-21-22-23-24-25-26-27-28-30-32-34-36-38-42(47)43(48)44-40(39-45)41(46)37-35-33-31-29-12-10-8-6-4-2/h12,21-22,29,35,37,40-42,45-47H,3-11,13-20,23-28,30-34,36,38-39H2,1-2H3,(H,44,48)/b22-21-,29-12+,37-35+. The van der Waals surface area contributed by atoms with Crippen LogP contribution in [0.5, 0.6) is 0 Å². The van der Waals surface area contributed by atoms with Crippen molar-refractivity contribution in [1.29, 1.82) is 0 Å². The van der Waals surface area contributed by atoms with Gasteiger partial charge >= 0.3 is 0 Å². The highest BCUT2D eigenvalue weighted by Crippen LogP contribution is 2.15. The third-order valence-electron chi connectivity index (χ3n) is 9.45. The van der Waals surface area contributed by atoms with Gasteiger partial charge in [0, 0.05) is 0 Å². The van der Waals surface area contributed by atoms with Crippen LogP contribution in [0.3, 0.4) is 0 Å². The van der Waals surface area contributed by atoms with Crippen LogP contribution in [0.1, 0.15) is 206 Å². The Hall–Kier alpha value is -1.43. The monoisotopic (exact) mass is 676 g/mol. The molecule has 0 saturated heterocycles. The number of rotatable bonds is 37. The molecular weight excluding hydrogens is 594 g/mol. The molecule has 0 aliphatic carbocycles. The Morgan fingerprint density at radius 2 is 0.854 bits per heavy atom. The first-order valence-electron chi connectivity index (χ1n) is 20.8. The van der Waals surface area contributed by atoms with Crippen molar-refractivity contribution in [3.8, 4) is 0 Å². The molecule has 0 heterocycles. The summed E-state index contributed by atoms with van der Waals surface area (Å²) in [5, 5.41) is 32.9. The minimum atomic E-state index is -1.10. The Kier molecular flexibility index (Phi) is 37.2. The van der Waals surface area contributed by atoms with Gasteiger partial charge in [0.25, 0.3) is 0 Å². The van der Waals surface area contributed by atoms with Gasteiger partial charge in [0.05, 0.1) is 18.8 Å². The zero-order chi connectivity index (χ0) is 35.2. The topological polar surface area (TPSA) is 89.8 Å². The predicted molar refractivity (Wildman–Crippen MR) is 208 cm³/mol. The number of carbonyl (C=O) groups excluding carboxylic acids is 1. The second-order valence-electron chi connectivity index (χ2n) is 14.2. The summed E-state index contributed by atoms with van der Waals surface area (Å²) < 4.78 is 0. The number of hydrogen-bond donors (Lipinski definition) is 4. The molecule has 0 aromatic rings. The van der Waals surface area contributed by atoms with Crippen molar-refractivity contribution in [2.75, 3.05) is 6.61 Å². The summed E-state index contributed by atoms with van der Waals surface area (Å²) in [5.41, 5.74) is 0. The van der Waals surface area contributed by atoms with Crippen molar-refractivity contribution in [3.63, 3.8) is 0 Å². The van der Waals surface area contributed by atoms with Crippen LogP contribution in [-0.2, 0) is 4.79 Å². The average Bonchev–Trinajstić information content (AvgIpc) is 3.09. The highest BCUT2D eigenvalue weighted by Gasteiger charge is 2.22. The quantitative estimate of drug-likeness (QED) is 0.0390. The first kappa shape index (κ1) is 46.6. The molecule has 0 aromatic carbocycles. The van der Waals surface area contributed by atoms with Crippen LogP contribution in [0.4, 0.5) is 0 Å². The number of unbranched alkanes of at least 4 members (excludes halogenated alkanes) is 25. The Balaban J connectivity index is 3.60. The number of aliphatic hydroxyl groups excluding tert-OH is 3. The van der Waals surface area contributed by atoms with E-state index in [1.54, 1.807) is 6.08 Å². The fourth-order valence-corrected chi connectivity index (χ4v) is 6.14. The number of nitrogens with one attached hydrogen (secondary N) is 1. The molecule has 5 heteroatoms. The molecule has 4 N–H and O–H groups in total. The lowest BCUT2D eigenvalue weighted by molar-refractivity contribution is -0.131. The van der Waals surface area contributed by atoms with Gasteiger partial charge in [-0.2, -0.15) is 0 Å². The van der Waals surface area contributed by atoms with Gasteiger partial charge in [-0.25, -0.2) is 0 Å². The van der Waals surface area contributed by atoms with Gasteiger partial charge in [-0.1, -0.05) is 185 Å². The summed E-state index contributed by atoms with van der Waals surface area (Å²) in [5.74, 6) is -0.518. The van der Waals surface area contributed by atoms with E-state index >= 15 is 0 Å². The average molecular weight is 676 g/mol. The van der Waals surface area contributed by atoms with Gasteiger partial charge in [0.1, 0.15) is 6.10 Å². The van der Waals surface area contributed by atoms with E-state index in [1.165, 1.54) is 148 Å². The molecule has 3 atom stereocenters. The largest absolute Gasteiger partial charge is 0.394 e. The SMILES string of the molecule is CCCCC/C=C/CC/C=C/C(O)C(CO)NC(=O)C(O)CCCCCCCCCCC/C=C\CCCCCCCCCCCCCC. The molecule has 0 aliphatic heterocycles. The normalized spacial score (nSPS) is 14.0.